The Labute approximate surface area is 123 Å². The maximum atomic E-state index is 12.9. The van der Waals surface area contributed by atoms with E-state index >= 15 is 0 Å². The molecule has 0 saturated carbocycles. The second kappa shape index (κ2) is 7.42. The minimum Gasteiger partial charge on any atom is -0.444 e. The first-order valence-electron chi connectivity index (χ1n) is 6.93. The van der Waals surface area contributed by atoms with E-state index in [-0.39, 0.29) is 5.82 Å². The van der Waals surface area contributed by atoms with Crippen molar-refractivity contribution < 1.29 is 8.81 Å². The van der Waals surface area contributed by atoms with Gasteiger partial charge in [0.1, 0.15) is 12.1 Å². The van der Waals surface area contributed by atoms with Crippen LogP contribution in [-0.4, -0.2) is 24.0 Å². The molecule has 0 atom stereocenters. The number of oxazole rings is 1. The lowest BCUT2D eigenvalue weighted by molar-refractivity contribution is 0.571. The molecule has 0 bridgehead atoms. The Kier molecular flexibility index (Phi) is 5.31. The summed E-state index contributed by atoms with van der Waals surface area (Å²) in [6.07, 6.45) is 3.24. The highest BCUT2D eigenvalue weighted by Crippen LogP contribution is 2.18. The Morgan fingerprint density at radius 1 is 1.38 bits per heavy atom. The molecule has 0 fully saturated rings. The number of hydrogen-bond donors (Lipinski definition) is 2. The Balaban J connectivity index is 1.87. The van der Waals surface area contributed by atoms with E-state index in [0.29, 0.717) is 24.8 Å². The number of hydrogen-bond acceptors (Lipinski definition) is 3. The van der Waals surface area contributed by atoms with Gasteiger partial charge in [0.25, 0.3) is 0 Å². The fourth-order valence-electron chi connectivity index (χ4n) is 1.75. The molecule has 0 spiro atoms. The van der Waals surface area contributed by atoms with E-state index in [9.17, 15) is 4.39 Å². The smallest absolute Gasteiger partial charge is 0.226 e. The molecule has 1 heterocycles. The fraction of sp³-hybridized carbons (Fsp3) is 0.333. The normalized spacial score (nSPS) is 11.6. The monoisotopic (exact) mass is 290 g/mol. The van der Waals surface area contributed by atoms with Crippen LogP contribution in [0.5, 0.6) is 0 Å². The summed E-state index contributed by atoms with van der Waals surface area (Å²) in [5.41, 5.74) is 7.25. The van der Waals surface area contributed by atoms with E-state index in [1.54, 1.807) is 18.4 Å². The van der Waals surface area contributed by atoms with Gasteiger partial charge >= 0.3 is 0 Å². The fourth-order valence-corrected chi connectivity index (χ4v) is 1.75. The molecule has 112 valence electrons. The number of aromatic nitrogens is 1. The molecular formula is C15H19FN4O. The Morgan fingerprint density at radius 3 is 2.86 bits per heavy atom. The van der Waals surface area contributed by atoms with Crippen molar-refractivity contribution in [3.63, 3.8) is 0 Å². The van der Waals surface area contributed by atoms with E-state index < -0.39 is 0 Å². The Bertz CT molecular complexity index is 592. The number of guanidine groups is 1. The zero-order chi connectivity index (χ0) is 15.1. The third-order valence-electron chi connectivity index (χ3n) is 2.84. The highest BCUT2D eigenvalue weighted by molar-refractivity contribution is 5.77. The number of nitrogens with one attached hydrogen (secondary N) is 1. The summed E-state index contributed by atoms with van der Waals surface area (Å²) in [6, 6.07) is 6.04. The number of halogens is 1. The van der Waals surface area contributed by atoms with Crippen molar-refractivity contribution in [2.24, 2.45) is 10.7 Å². The van der Waals surface area contributed by atoms with Gasteiger partial charge in [0.15, 0.2) is 5.96 Å². The predicted molar refractivity (Wildman–Crippen MR) is 80.4 cm³/mol. The lowest BCUT2D eigenvalue weighted by Crippen LogP contribution is -2.33. The molecule has 0 aliphatic carbocycles. The summed E-state index contributed by atoms with van der Waals surface area (Å²) in [5.74, 6) is 0.647. The molecule has 1 aromatic carbocycles. The van der Waals surface area contributed by atoms with Crippen LogP contribution in [0.25, 0.3) is 11.5 Å². The van der Waals surface area contributed by atoms with Gasteiger partial charge in [-0.25, -0.2) is 9.37 Å². The van der Waals surface area contributed by atoms with E-state index in [2.05, 4.69) is 15.3 Å². The molecule has 3 N–H and O–H groups in total. The molecule has 0 radical (unpaired) electrons. The maximum absolute atomic E-state index is 12.9. The third kappa shape index (κ3) is 4.59. The second-order valence-corrected chi connectivity index (χ2v) is 4.59. The van der Waals surface area contributed by atoms with Crippen LogP contribution in [0.2, 0.25) is 0 Å². The first-order chi connectivity index (χ1) is 10.2. The average molecular weight is 290 g/mol. The van der Waals surface area contributed by atoms with Crippen molar-refractivity contribution in [3.05, 3.63) is 42.0 Å². The van der Waals surface area contributed by atoms with Crippen LogP contribution in [0, 0.1) is 5.82 Å². The molecule has 2 rings (SSSR count). The van der Waals surface area contributed by atoms with Crippen molar-refractivity contribution in [1.29, 1.82) is 0 Å². The molecule has 0 unspecified atom stereocenters. The summed E-state index contributed by atoms with van der Waals surface area (Å²) in [6.45, 7) is 3.40. The second-order valence-electron chi connectivity index (χ2n) is 4.59. The number of benzene rings is 1. The van der Waals surface area contributed by atoms with Gasteiger partial charge < -0.3 is 15.5 Å². The Hall–Kier alpha value is -2.37. The lowest BCUT2D eigenvalue weighted by Gasteiger charge is -2.03. The van der Waals surface area contributed by atoms with Crippen molar-refractivity contribution >= 4 is 5.96 Å². The highest BCUT2D eigenvalue weighted by atomic mass is 19.1. The lowest BCUT2D eigenvalue weighted by atomic mass is 10.2. The minimum absolute atomic E-state index is 0.281. The molecule has 2 aromatic rings. The van der Waals surface area contributed by atoms with Crippen molar-refractivity contribution in [3.8, 4) is 11.5 Å². The van der Waals surface area contributed by atoms with Crippen molar-refractivity contribution in [1.82, 2.24) is 10.3 Å². The average Bonchev–Trinajstić information content (AvgIpc) is 2.95. The summed E-state index contributed by atoms with van der Waals surface area (Å²) in [7, 11) is 0. The van der Waals surface area contributed by atoms with Crippen LogP contribution in [0.15, 0.2) is 39.9 Å². The topological polar surface area (TPSA) is 76.4 Å². The van der Waals surface area contributed by atoms with E-state index in [0.717, 1.165) is 24.2 Å². The van der Waals surface area contributed by atoms with Gasteiger partial charge in [-0.15, -0.1) is 0 Å². The molecule has 0 aliphatic rings. The molecule has 0 aliphatic heterocycles. The van der Waals surface area contributed by atoms with E-state index in [4.69, 9.17) is 10.2 Å². The van der Waals surface area contributed by atoms with Crippen LogP contribution in [0.3, 0.4) is 0 Å². The zero-order valence-electron chi connectivity index (χ0n) is 12.0. The van der Waals surface area contributed by atoms with Crippen LogP contribution >= 0.6 is 0 Å². The maximum Gasteiger partial charge on any atom is 0.226 e. The van der Waals surface area contributed by atoms with Crippen LogP contribution < -0.4 is 11.1 Å². The summed E-state index contributed by atoms with van der Waals surface area (Å²) < 4.78 is 18.2. The van der Waals surface area contributed by atoms with Gasteiger partial charge in [0, 0.05) is 25.1 Å². The van der Waals surface area contributed by atoms with Gasteiger partial charge in [-0.3, -0.25) is 4.99 Å². The first kappa shape index (κ1) is 15.0. The molecular weight excluding hydrogens is 271 g/mol. The van der Waals surface area contributed by atoms with Crippen LogP contribution in [0.4, 0.5) is 4.39 Å². The minimum atomic E-state index is -0.281. The molecule has 6 heteroatoms. The zero-order valence-corrected chi connectivity index (χ0v) is 12.0. The molecule has 21 heavy (non-hydrogen) atoms. The van der Waals surface area contributed by atoms with Gasteiger partial charge in [-0.2, -0.15) is 0 Å². The van der Waals surface area contributed by atoms with Gasteiger partial charge in [0.2, 0.25) is 5.89 Å². The van der Waals surface area contributed by atoms with Gasteiger partial charge in [-0.1, -0.05) is 6.92 Å². The molecule has 1 aromatic heterocycles. The van der Waals surface area contributed by atoms with Crippen LogP contribution in [0.1, 0.15) is 19.0 Å². The van der Waals surface area contributed by atoms with Crippen molar-refractivity contribution in [2.45, 2.75) is 19.8 Å². The quantitative estimate of drug-likeness (QED) is 0.632. The molecule has 0 saturated heterocycles. The number of nitrogens with zero attached hydrogens (tertiary/aromatic N) is 2. The number of aliphatic imine (C=N–C) groups is 1. The standard InChI is InChI=1S/C15H19FN4O/c1-2-8-18-15(17)19-9-7-13-10-21-14(20-13)11-3-5-12(16)6-4-11/h3-6,10H,2,7-9H2,1H3,(H3,17,18,19). The molecule has 5 nitrogen and oxygen atoms in total. The van der Waals surface area contributed by atoms with E-state index in [1.165, 1.54) is 12.1 Å². The van der Waals surface area contributed by atoms with Gasteiger partial charge in [-0.05, 0) is 30.7 Å². The Morgan fingerprint density at radius 2 is 2.14 bits per heavy atom. The summed E-state index contributed by atoms with van der Waals surface area (Å²) in [4.78, 5) is 8.50. The summed E-state index contributed by atoms with van der Waals surface area (Å²) in [5, 5.41) is 3.02. The van der Waals surface area contributed by atoms with Gasteiger partial charge in [0.05, 0.1) is 5.69 Å². The number of nitrogens with two attached hydrogens (primary N) is 1. The molecule has 0 amide bonds. The largest absolute Gasteiger partial charge is 0.444 e. The number of rotatable bonds is 6. The third-order valence-corrected chi connectivity index (χ3v) is 2.84. The first-order valence-corrected chi connectivity index (χ1v) is 6.93. The highest BCUT2D eigenvalue weighted by Gasteiger charge is 2.06. The summed E-state index contributed by atoms with van der Waals surface area (Å²) >= 11 is 0. The SMILES string of the molecule is CCCN=C(N)NCCc1coc(-c2ccc(F)cc2)n1. The predicted octanol–water partition coefficient (Wildman–Crippen LogP) is 2.34. The van der Waals surface area contributed by atoms with Crippen molar-refractivity contribution in [2.75, 3.05) is 13.1 Å². The van der Waals surface area contributed by atoms with E-state index in [1.807, 2.05) is 6.92 Å². The van der Waals surface area contributed by atoms with Crippen LogP contribution in [-0.2, 0) is 6.42 Å².